The van der Waals surface area contributed by atoms with Crippen molar-refractivity contribution in [3.8, 4) is 5.75 Å². The third-order valence-electron chi connectivity index (χ3n) is 2.54. The molecule has 0 atom stereocenters. The predicted octanol–water partition coefficient (Wildman–Crippen LogP) is 1.60. The Balaban J connectivity index is 2.48. The highest BCUT2D eigenvalue weighted by atomic mass is 16.7. The second-order valence-electron chi connectivity index (χ2n) is 3.91. The van der Waals surface area contributed by atoms with Crippen LogP contribution in [0, 0.1) is 0 Å². The van der Waals surface area contributed by atoms with Crippen LogP contribution in [0.15, 0.2) is 36.9 Å². The van der Waals surface area contributed by atoms with Crippen LogP contribution in [-0.4, -0.2) is 45.5 Å². The molecule has 114 valence electrons. The van der Waals surface area contributed by atoms with Gasteiger partial charge >= 0.3 is 5.97 Å². The number of esters is 1. The van der Waals surface area contributed by atoms with E-state index in [0.717, 1.165) is 6.08 Å². The van der Waals surface area contributed by atoms with E-state index in [2.05, 4.69) is 6.58 Å². The van der Waals surface area contributed by atoms with Gasteiger partial charge in [-0.05, 0) is 24.3 Å². The van der Waals surface area contributed by atoms with Crippen molar-refractivity contribution in [1.82, 2.24) is 0 Å². The minimum Gasteiger partial charge on any atom is -0.490 e. The smallest absolute Gasteiger partial charge is 0.330 e. The summed E-state index contributed by atoms with van der Waals surface area (Å²) in [6.07, 6.45) is 0.165. The van der Waals surface area contributed by atoms with Gasteiger partial charge in [-0.15, -0.1) is 0 Å². The Hall–Kier alpha value is -2.18. The molecular formula is C15H18O6. The van der Waals surface area contributed by atoms with Crippen LogP contribution in [0.2, 0.25) is 0 Å². The molecule has 0 unspecified atom stereocenters. The molecule has 21 heavy (non-hydrogen) atoms. The number of benzene rings is 1. The molecule has 0 N–H and O–H groups in total. The van der Waals surface area contributed by atoms with E-state index in [1.165, 1.54) is 14.2 Å². The number of rotatable bonds is 9. The van der Waals surface area contributed by atoms with Crippen LogP contribution < -0.4 is 4.74 Å². The number of hydrogen-bond acceptors (Lipinski definition) is 6. The summed E-state index contributed by atoms with van der Waals surface area (Å²) < 4.78 is 19.9. The third kappa shape index (κ3) is 5.37. The highest BCUT2D eigenvalue weighted by Gasteiger charge is 2.18. The van der Waals surface area contributed by atoms with Gasteiger partial charge in [0.1, 0.15) is 19.0 Å². The predicted molar refractivity (Wildman–Crippen MR) is 75.2 cm³/mol. The van der Waals surface area contributed by atoms with Crippen LogP contribution in [0.1, 0.15) is 10.4 Å². The molecule has 1 aromatic rings. The largest absolute Gasteiger partial charge is 0.490 e. The van der Waals surface area contributed by atoms with Crippen molar-refractivity contribution in [2.24, 2.45) is 0 Å². The Morgan fingerprint density at radius 2 is 1.76 bits per heavy atom. The normalized spacial score (nSPS) is 10.2. The molecule has 0 aliphatic carbocycles. The van der Waals surface area contributed by atoms with E-state index < -0.39 is 12.3 Å². The number of ether oxygens (including phenoxy) is 4. The molecule has 0 aliphatic rings. The number of hydrogen-bond donors (Lipinski definition) is 0. The van der Waals surface area contributed by atoms with Gasteiger partial charge in [0.05, 0.1) is 0 Å². The minimum absolute atomic E-state index is 0.126. The fourth-order valence-corrected chi connectivity index (χ4v) is 1.52. The quantitative estimate of drug-likeness (QED) is 0.226. The number of carbonyl (C=O) groups is 2. The van der Waals surface area contributed by atoms with Crippen LogP contribution in [0.4, 0.5) is 0 Å². The van der Waals surface area contributed by atoms with Gasteiger partial charge in [-0.1, -0.05) is 6.58 Å². The molecule has 0 saturated heterocycles. The fraction of sp³-hybridized carbons (Fsp3) is 0.333. The van der Waals surface area contributed by atoms with E-state index in [9.17, 15) is 9.59 Å². The fourth-order valence-electron chi connectivity index (χ4n) is 1.52. The van der Waals surface area contributed by atoms with E-state index in [-0.39, 0.29) is 19.0 Å². The molecule has 6 nitrogen and oxygen atoms in total. The van der Waals surface area contributed by atoms with Crippen LogP contribution in [0.3, 0.4) is 0 Å². The molecule has 0 spiro atoms. The van der Waals surface area contributed by atoms with Gasteiger partial charge in [-0.25, -0.2) is 4.79 Å². The average molecular weight is 294 g/mol. The first-order chi connectivity index (χ1) is 10.1. The monoisotopic (exact) mass is 294 g/mol. The molecule has 0 aromatic heterocycles. The van der Waals surface area contributed by atoms with Gasteiger partial charge in [0.25, 0.3) is 0 Å². The van der Waals surface area contributed by atoms with Gasteiger partial charge in [0.15, 0.2) is 0 Å². The third-order valence-corrected chi connectivity index (χ3v) is 2.54. The lowest BCUT2D eigenvalue weighted by Crippen LogP contribution is -2.24. The van der Waals surface area contributed by atoms with Crippen LogP contribution in [0.5, 0.6) is 5.75 Å². The van der Waals surface area contributed by atoms with Crippen molar-refractivity contribution in [1.29, 1.82) is 0 Å². The SMILES string of the molecule is C=CC(=O)OCCOc1ccc(C(=O)C(OC)OC)cc1. The first kappa shape index (κ1) is 16.9. The van der Waals surface area contributed by atoms with E-state index >= 15 is 0 Å². The summed E-state index contributed by atoms with van der Waals surface area (Å²) in [6.45, 7) is 3.62. The van der Waals surface area contributed by atoms with Crippen molar-refractivity contribution in [3.63, 3.8) is 0 Å². The molecule has 0 bridgehead atoms. The summed E-state index contributed by atoms with van der Waals surface area (Å²) in [5.41, 5.74) is 0.453. The maximum atomic E-state index is 11.9. The topological polar surface area (TPSA) is 71.1 Å². The molecule has 6 heteroatoms. The van der Waals surface area contributed by atoms with Gasteiger partial charge in [-0.3, -0.25) is 4.79 Å². The maximum Gasteiger partial charge on any atom is 0.330 e. The second kappa shape index (κ2) is 8.89. The van der Waals surface area contributed by atoms with E-state index in [4.69, 9.17) is 18.9 Å². The number of methoxy groups -OCH3 is 2. The summed E-state index contributed by atoms with van der Waals surface area (Å²) in [5, 5.41) is 0. The Labute approximate surface area is 123 Å². The molecule has 0 fully saturated rings. The lowest BCUT2D eigenvalue weighted by molar-refractivity contribution is -0.138. The summed E-state index contributed by atoms with van der Waals surface area (Å²) in [5.74, 6) is -0.205. The molecule has 1 aromatic carbocycles. The van der Waals surface area contributed by atoms with E-state index in [0.29, 0.717) is 11.3 Å². The van der Waals surface area contributed by atoms with Crippen molar-refractivity contribution in [2.45, 2.75) is 6.29 Å². The summed E-state index contributed by atoms with van der Waals surface area (Å²) in [6, 6.07) is 6.51. The molecule has 0 aliphatic heterocycles. The summed E-state index contributed by atoms with van der Waals surface area (Å²) >= 11 is 0. The highest BCUT2D eigenvalue weighted by molar-refractivity contribution is 5.98. The number of carbonyl (C=O) groups excluding carboxylic acids is 2. The molecule has 0 saturated carbocycles. The lowest BCUT2D eigenvalue weighted by atomic mass is 10.1. The average Bonchev–Trinajstić information content (AvgIpc) is 2.52. The minimum atomic E-state index is -0.921. The molecule has 1 rings (SSSR count). The first-order valence-electron chi connectivity index (χ1n) is 6.24. The standard InChI is InChI=1S/C15H18O6/c1-4-13(16)21-10-9-20-12-7-5-11(6-8-12)14(17)15(18-2)19-3/h4-8,15H,1,9-10H2,2-3H3. The lowest BCUT2D eigenvalue weighted by Gasteiger charge is -2.12. The summed E-state index contributed by atoms with van der Waals surface area (Å²) in [7, 11) is 2.79. The zero-order valence-electron chi connectivity index (χ0n) is 12.0. The van der Waals surface area contributed by atoms with Crippen LogP contribution in [0.25, 0.3) is 0 Å². The number of Topliss-reactive ketones (excluding diaryl/α,β-unsaturated/α-hetero) is 1. The van der Waals surface area contributed by atoms with Crippen LogP contribution in [-0.2, 0) is 19.0 Å². The maximum absolute atomic E-state index is 11.9. The van der Waals surface area contributed by atoms with Crippen molar-refractivity contribution in [2.75, 3.05) is 27.4 Å². The molecule has 0 radical (unpaired) electrons. The Kier molecular flexibility index (Phi) is 7.14. The molecule has 0 heterocycles. The Bertz CT molecular complexity index is 475. The van der Waals surface area contributed by atoms with Crippen LogP contribution >= 0.6 is 0 Å². The first-order valence-corrected chi connectivity index (χ1v) is 6.24. The van der Waals surface area contributed by atoms with Gasteiger partial charge in [-0.2, -0.15) is 0 Å². The summed E-state index contributed by atoms with van der Waals surface area (Å²) in [4.78, 5) is 22.7. The van der Waals surface area contributed by atoms with E-state index in [1.807, 2.05) is 0 Å². The zero-order valence-corrected chi connectivity index (χ0v) is 12.0. The second-order valence-corrected chi connectivity index (χ2v) is 3.91. The molecular weight excluding hydrogens is 276 g/mol. The van der Waals surface area contributed by atoms with Gasteiger partial charge in [0, 0.05) is 25.9 Å². The Morgan fingerprint density at radius 3 is 2.29 bits per heavy atom. The number of ketones is 1. The zero-order chi connectivity index (χ0) is 15.7. The van der Waals surface area contributed by atoms with Crippen molar-refractivity contribution < 1.29 is 28.5 Å². The Morgan fingerprint density at radius 1 is 1.14 bits per heavy atom. The molecule has 0 amide bonds. The van der Waals surface area contributed by atoms with E-state index in [1.54, 1.807) is 24.3 Å². The van der Waals surface area contributed by atoms with Crippen molar-refractivity contribution >= 4 is 11.8 Å². The highest BCUT2D eigenvalue weighted by Crippen LogP contribution is 2.14. The van der Waals surface area contributed by atoms with Crippen molar-refractivity contribution in [3.05, 3.63) is 42.5 Å². The van der Waals surface area contributed by atoms with Gasteiger partial charge < -0.3 is 18.9 Å². The van der Waals surface area contributed by atoms with Gasteiger partial charge in [0.2, 0.25) is 12.1 Å².